The van der Waals surface area contributed by atoms with Crippen LogP contribution in [0.25, 0.3) is 0 Å². The van der Waals surface area contributed by atoms with Crippen molar-refractivity contribution in [3.63, 3.8) is 0 Å². The van der Waals surface area contributed by atoms with Gasteiger partial charge in [0.05, 0.1) is 0 Å². The molecule has 0 aromatic heterocycles. The number of benzene rings is 1. The third-order valence-electron chi connectivity index (χ3n) is 4.42. The van der Waals surface area contributed by atoms with Crippen molar-refractivity contribution in [2.75, 3.05) is 25.0 Å². The summed E-state index contributed by atoms with van der Waals surface area (Å²) in [6, 6.07) is 9.77. The van der Waals surface area contributed by atoms with Crippen LogP contribution in [0.5, 0.6) is 0 Å². The molecule has 19 heavy (non-hydrogen) atoms. The molecule has 1 saturated heterocycles. The molecule has 1 aliphatic rings. The van der Waals surface area contributed by atoms with Crippen molar-refractivity contribution in [2.24, 2.45) is 0 Å². The molecule has 0 amide bonds. The molecule has 2 nitrogen and oxygen atoms in total. The van der Waals surface area contributed by atoms with Gasteiger partial charge in [0.25, 0.3) is 0 Å². The van der Waals surface area contributed by atoms with Crippen LogP contribution in [0.2, 0.25) is 0 Å². The summed E-state index contributed by atoms with van der Waals surface area (Å²) in [5.41, 5.74) is 2.79. The van der Waals surface area contributed by atoms with Crippen LogP contribution in [0.1, 0.15) is 51.0 Å². The Hall–Kier alpha value is -1.02. The van der Waals surface area contributed by atoms with Crippen LogP contribution < -0.4 is 10.2 Å². The van der Waals surface area contributed by atoms with Gasteiger partial charge in [0.15, 0.2) is 0 Å². The topological polar surface area (TPSA) is 15.3 Å². The van der Waals surface area contributed by atoms with Crippen molar-refractivity contribution in [1.29, 1.82) is 0 Å². The largest absolute Gasteiger partial charge is 0.373 e. The molecule has 1 heterocycles. The maximum atomic E-state index is 3.62. The van der Waals surface area contributed by atoms with Gasteiger partial charge in [-0.25, -0.2) is 0 Å². The van der Waals surface area contributed by atoms with E-state index in [0.29, 0.717) is 12.0 Å². The molecular weight excluding hydrogens is 232 g/mol. The Morgan fingerprint density at radius 3 is 2.58 bits per heavy atom. The third kappa shape index (κ3) is 3.97. The molecule has 2 unspecified atom stereocenters. The van der Waals surface area contributed by atoms with Crippen LogP contribution in [0, 0.1) is 0 Å². The standard InChI is InChI=1S/C17H28N2/c1-4-14(2)15-8-10-17(11-9-15)19(3)13-16-7-5-6-12-18-16/h8-11,14,16,18H,4-7,12-13H2,1-3H3. The number of hydrogen-bond acceptors (Lipinski definition) is 2. The first-order valence-electron chi connectivity index (χ1n) is 7.75. The molecule has 0 radical (unpaired) electrons. The minimum atomic E-state index is 0.660. The lowest BCUT2D eigenvalue weighted by molar-refractivity contribution is 0.403. The monoisotopic (exact) mass is 260 g/mol. The fraction of sp³-hybridized carbons (Fsp3) is 0.647. The highest BCUT2D eigenvalue weighted by atomic mass is 15.1. The maximum Gasteiger partial charge on any atom is 0.0364 e. The number of likely N-dealkylation sites (N-methyl/N-ethyl adjacent to an activating group) is 1. The van der Waals surface area contributed by atoms with Gasteiger partial charge in [-0.2, -0.15) is 0 Å². The molecule has 1 aliphatic heterocycles. The van der Waals surface area contributed by atoms with Crippen molar-refractivity contribution >= 4 is 5.69 Å². The fourth-order valence-corrected chi connectivity index (χ4v) is 2.81. The van der Waals surface area contributed by atoms with Crippen LogP contribution in [-0.2, 0) is 0 Å². The highest BCUT2D eigenvalue weighted by molar-refractivity contribution is 5.47. The predicted molar refractivity (Wildman–Crippen MR) is 84.1 cm³/mol. The van der Waals surface area contributed by atoms with E-state index in [0.717, 1.165) is 6.54 Å². The van der Waals surface area contributed by atoms with E-state index in [1.807, 2.05) is 0 Å². The van der Waals surface area contributed by atoms with Crippen LogP contribution in [0.3, 0.4) is 0 Å². The molecule has 1 N–H and O–H groups in total. The van der Waals surface area contributed by atoms with E-state index in [4.69, 9.17) is 0 Å². The quantitative estimate of drug-likeness (QED) is 0.867. The van der Waals surface area contributed by atoms with Crippen molar-refractivity contribution in [1.82, 2.24) is 5.32 Å². The highest BCUT2D eigenvalue weighted by Crippen LogP contribution is 2.22. The molecule has 1 aromatic carbocycles. The Morgan fingerprint density at radius 2 is 2.00 bits per heavy atom. The molecule has 0 spiro atoms. The number of anilines is 1. The van der Waals surface area contributed by atoms with E-state index < -0.39 is 0 Å². The Morgan fingerprint density at radius 1 is 1.26 bits per heavy atom. The summed E-state index contributed by atoms with van der Waals surface area (Å²) in [5.74, 6) is 0.666. The van der Waals surface area contributed by atoms with Gasteiger partial charge < -0.3 is 10.2 Å². The lowest BCUT2D eigenvalue weighted by Gasteiger charge is -2.29. The third-order valence-corrected chi connectivity index (χ3v) is 4.42. The summed E-state index contributed by atoms with van der Waals surface area (Å²) in [6.45, 7) is 6.85. The molecule has 0 saturated carbocycles. The van der Waals surface area contributed by atoms with Gasteiger partial charge in [0, 0.05) is 25.3 Å². The average molecular weight is 260 g/mol. The number of nitrogens with one attached hydrogen (secondary N) is 1. The minimum absolute atomic E-state index is 0.660. The van der Waals surface area contributed by atoms with Crippen molar-refractivity contribution in [2.45, 2.75) is 51.5 Å². The number of rotatable bonds is 5. The average Bonchev–Trinajstić information content (AvgIpc) is 2.47. The maximum absolute atomic E-state index is 3.62. The minimum Gasteiger partial charge on any atom is -0.373 e. The molecule has 0 aliphatic carbocycles. The Kier molecular flexibility index (Phi) is 5.26. The lowest BCUT2D eigenvalue weighted by Crippen LogP contribution is -2.42. The predicted octanol–water partition coefficient (Wildman–Crippen LogP) is 3.78. The second kappa shape index (κ2) is 6.95. The summed E-state index contributed by atoms with van der Waals surface area (Å²) in [5, 5.41) is 3.62. The summed E-state index contributed by atoms with van der Waals surface area (Å²) < 4.78 is 0. The molecule has 0 bridgehead atoms. The molecule has 1 aromatic rings. The number of nitrogens with zero attached hydrogens (tertiary/aromatic N) is 1. The van der Waals surface area contributed by atoms with Gasteiger partial charge in [-0.05, 0) is 49.4 Å². The lowest BCUT2D eigenvalue weighted by atomic mass is 9.98. The highest BCUT2D eigenvalue weighted by Gasteiger charge is 2.14. The van der Waals surface area contributed by atoms with Crippen molar-refractivity contribution < 1.29 is 0 Å². The second-order valence-corrected chi connectivity index (χ2v) is 5.93. The van der Waals surface area contributed by atoms with Gasteiger partial charge in [-0.15, -0.1) is 0 Å². The summed E-state index contributed by atoms with van der Waals surface area (Å²) in [4.78, 5) is 2.38. The van der Waals surface area contributed by atoms with Crippen molar-refractivity contribution in [3.05, 3.63) is 29.8 Å². The van der Waals surface area contributed by atoms with E-state index in [1.54, 1.807) is 0 Å². The number of piperidine rings is 1. The van der Waals surface area contributed by atoms with Crippen LogP contribution in [-0.4, -0.2) is 26.2 Å². The van der Waals surface area contributed by atoms with E-state index in [2.05, 4.69) is 55.4 Å². The normalized spacial score (nSPS) is 21.1. The molecule has 2 atom stereocenters. The van der Waals surface area contributed by atoms with E-state index in [9.17, 15) is 0 Å². The van der Waals surface area contributed by atoms with Crippen LogP contribution in [0.15, 0.2) is 24.3 Å². The number of hydrogen-bond donors (Lipinski definition) is 1. The fourth-order valence-electron chi connectivity index (χ4n) is 2.81. The SMILES string of the molecule is CCC(C)c1ccc(N(C)CC2CCCCN2)cc1. The molecule has 2 heteroatoms. The summed E-state index contributed by atoms with van der Waals surface area (Å²) in [6.07, 6.45) is 5.23. The molecule has 1 fully saturated rings. The van der Waals surface area contributed by atoms with E-state index >= 15 is 0 Å². The first-order valence-corrected chi connectivity index (χ1v) is 7.75. The van der Waals surface area contributed by atoms with Gasteiger partial charge in [-0.1, -0.05) is 32.4 Å². The van der Waals surface area contributed by atoms with Gasteiger partial charge in [0.2, 0.25) is 0 Å². The second-order valence-electron chi connectivity index (χ2n) is 5.93. The van der Waals surface area contributed by atoms with Gasteiger partial charge in [0.1, 0.15) is 0 Å². The van der Waals surface area contributed by atoms with Gasteiger partial charge in [-0.3, -0.25) is 0 Å². The zero-order valence-corrected chi connectivity index (χ0v) is 12.7. The van der Waals surface area contributed by atoms with Gasteiger partial charge >= 0.3 is 0 Å². The van der Waals surface area contributed by atoms with Crippen molar-refractivity contribution in [3.8, 4) is 0 Å². The molecular formula is C17H28N2. The summed E-state index contributed by atoms with van der Waals surface area (Å²) >= 11 is 0. The first-order chi connectivity index (χ1) is 9.20. The molecule has 2 rings (SSSR count). The zero-order valence-electron chi connectivity index (χ0n) is 12.7. The summed E-state index contributed by atoms with van der Waals surface area (Å²) in [7, 11) is 2.20. The van der Waals surface area contributed by atoms with E-state index in [-0.39, 0.29) is 0 Å². The van der Waals surface area contributed by atoms with Crippen LogP contribution in [0.4, 0.5) is 5.69 Å². The van der Waals surface area contributed by atoms with Crippen LogP contribution >= 0.6 is 0 Å². The Labute approximate surface area is 118 Å². The molecule has 106 valence electrons. The first kappa shape index (κ1) is 14.4. The Bertz CT molecular complexity index is 365. The van der Waals surface area contributed by atoms with E-state index in [1.165, 1.54) is 43.5 Å². The Balaban J connectivity index is 1.93. The zero-order chi connectivity index (χ0) is 13.7. The smallest absolute Gasteiger partial charge is 0.0364 e.